The summed E-state index contributed by atoms with van der Waals surface area (Å²) in [4.78, 5) is 29.9. The molecule has 5 heterocycles. The Hall–Kier alpha value is -3.55. The number of piperidine rings is 1. The fourth-order valence-corrected chi connectivity index (χ4v) is 5.68. The molecule has 0 saturated carbocycles. The molecule has 7 nitrogen and oxygen atoms in total. The average molecular weight is 495 g/mol. The van der Waals surface area contributed by atoms with E-state index in [1.165, 1.54) is 36.8 Å². The molecule has 2 saturated heterocycles. The third-order valence-corrected chi connectivity index (χ3v) is 7.81. The Labute approximate surface area is 217 Å². The molecule has 0 bridgehead atoms. The van der Waals surface area contributed by atoms with Crippen LogP contribution in [0.4, 0.5) is 11.5 Å². The van der Waals surface area contributed by atoms with Crippen molar-refractivity contribution in [1.29, 1.82) is 0 Å². The summed E-state index contributed by atoms with van der Waals surface area (Å²) < 4.78 is 0. The number of H-pyrrole nitrogens is 1. The number of hydrogen-bond acceptors (Lipinski definition) is 6. The van der Waals surface area contributed by atoms with E-state index in [4.69, 9.17) is 4.98 Å². The van der Waals surface area contributed by atoms with Crippen LogP contribution in [-0.2, 0) is 6.54 Å². The number of likely N-dealkylation sites (tertiary alicyclic amines) is 2. The van der Waals surface area contributed by atoms with Gasteiger partial charge in [-0.15, -0.1) is 0 Å². The number of fused-ring (bicyclic) bond motifs is 1. The number of benzene rings is 1. The first-order valence-corrected chi connectivity index (χ1v) is 13.4. The van der Waals surface area contributed by atoms with Crippen molar-refractivity contribution in [3.05, 3.63) is 82.5 Å². The lowest BCUT2D eigenvalue weighted by atomic mass is 9.89. The fourth-order valence-electron chi connectivity index (χ4n) is 5.68. The molecule has 190 valence electrons. The van der Waals surface area contributed by atoms with Gasteiger partial charge in [0, 0.05) is 36.4 Å². The first-order chi connectivity index (χ1) is 18.1. The van der Waals surface area contributed by atoms with Crippen LogP contribution in [0, 0.1) is 0 Å². The van der Waals surface area contributed by atoms with Crippen molar-refractivity contribution >= 4 is 22.3 Å². The molecule has 7 heteroatoms. The predicted molar refractivity (Wildman–Crippen MR) is 149 cm³/mol. The molecule has 2 aliphatic heterocycles. The number of aromatic amines is 1. The molecule has 4 aromatic rings. The van der Waals surface area contributed by atoms with Gasteiger partial charge >= 0.3 is 0 Å². The van der Waals surface area contributed by atoms with Gasteiger partial charge in [-0.05, 0) is 112 Å². The zero-order valence-electron chi connectivity index (χ0n) is 21.4. The summed E-state index contributed by atoms with van der Waals surface area (Å²) in [7, 11) is 2.19. The lowest BCUT2D eigenvalue weighted by Gasteiger charge is -2.29. The summed E-state index contributed by atoms with van der Waals surface area (Å²) in [6, 6.07) is 14.7. The monoisotopic (exact) mass is 494 g/mol. The second-order valence-corrected chi connectivity index (χ2v) is 10.5. The van der Waals surface area contributed by atoms with Crippen LogP contribution in [0.1, 0.15) is 42.7 Å². The number of hydrogen-bond donors (Lipinski definition) is 2. The zero-order valence-corrected chi connectivity index (χ0v) is 21.4. The summed E-state index contributed by atoms with van der Waals surface area (Å²) in [5.41, 5.74) is 5.10. The molecular formula is C30H34N6O. The van der Waals surface area contributed by atoms with E-state index in [0.717, 1.165) is 55.1 Å². The van der Waals surface area contributed by atoms with Crippen LogP contribution in [0.5, 0.6) is 0 Å². The van der Waals surface area contributed by atoms with Crippen molar-refractivity contribution in [1.82, 2.24) is 24.8 Å². The van der Waals surface area contributed by atoms with Gasteiger partial charge in [-0.25, -0.2) is 4.98 Å². The lowest BCUT2D eigenvalue weighted by Crippen LogP contribution is -2.29. The Balaban J connectivity index is 1.30. The molecule has 37 heavy (non-hydrogen) atoms. The first-order valence-electron chi connectivity index (χ1n) is 13.4. The molecule has 0 unspecified atom stereocenters. The van der Waals surface area contributed by atoms with Gasteiger partial charge in [0.25, 0.3) is 5.56 Å². The second kappa shape index (κ2) is 10.4. The van der Waals surface area contributed by atoms with E-state index in [1.807, 2.05) is 24.5 Å². The topological polar surface area (TPSA) is 77.2 Å². The molecule has 0 amide bonds. The number of pyridine rings is 3. The van der Waals surface area contributed by atoms with Gasteiger partial charge < -0.3 is 15.2 Å². The third-order valence-electron chi connectivity index (χ3n) is 7.81. The van der Waals surface area contributed by atoms with Crippen molar-refractivity contribution < 1.29 is 0 Å². The minimum atomic E-state index is -0.150. The van der Waals surface area contributed by atoms with Crippen molar-refractivity contribution in [3.8, 4) is 11.3 Å². The van der Waals surface area contributed by atoms with Gasteiger partial charge in [0.05, 0.1) is 11.1 Å². The van der Waals surface area contributed by atoms with Crippen LogP contribution in [0.2, 0.25) is 0 Å². The van der Waals surface area contributed by atoms with Crippen molar-refractivity contribution in [2.45, 2.75) is 38.1 Å². The van der Waals surface area contributed by atoms with Gasteiger partial charge in [-0.1, -0.05) is 12.1 Å². The molecule has 2 fully saturated rings. The molecule has 6 rings (SSSR count). The first kappa shape index (κ1) is 23.8. The molecule has 3 aromatic heterocycles. The quantitative estimate of drug-likeness (QED) is 0.387. The van der Waals surface area contributed by atoms with Crippen molar-refractivity contribution in [2.75, 3.05) is 38.5 Å². The largest absolute Gasteiger partial charge is 0.340 e. The molecule has 0 radical (unpaired) electrons. The Morgan fingerprint density at radius 1 is 1.00 bits per heavy atom. The third kappa shape index (κ3) is 5.29. The summed E-state index contributed by atoms with van der Waals surface area (Å²) in [5.74, 6) is 1.17. The van der Waals surface area contributed by atoms with Gasteiger partial charge in [-0.2, -0.15) is 0 Å². The van der Waals surface area contributed by atoms with Gasteiger partial charge in [-0.3, -0.25) is 14.7 Å². The number of nitrogens with zero attached hydrogens (tertiary/aromatic N) is 4. The van der Waals surface area contributed by atoms with E-state index in [-0.39, 0.29) is 5.56 Å². The molecular weight excluding hydrogens is 460 g/mol. The molecule has 0 aliphatic carbocycles. The standard InChI is InChI=1S/C30H34N6O/c1-35-14-9-23(10-15-35)22-4-6-26(7-5-22)33-29-28-24(8-11-32-30(28)37)17-27(34-29)25-16-21(18-31-19-25)20-36-12-2-3-13-36/h4-8,11,16-19,23H,2-3,9-10,12-15,20H2,1H3,(H,32,37)(H,33,34). The van der Waals surface area contributed by atoms with E-state index in [1.54, 1.807) is 6.20 Å². The minimum absolute atomic E-state index is 0.150. The van der Waals surface area contributed by atoms with Crippen LogP contribution in [0.15, 0.2) is 65.8 Å². The number of rotatable bonds is 6. The number of aromatic nitrogens is 3. The minimum Gasteiger partial charge on any atom is -0.340 e. The Morgan fingerprint density at radius 3 is 2.57 bits per heavy atom. The molecule has 1 aromatic carbocycles. The smallest absolute Gasteiger partial charge is 0.259 e. The van der Waals surface area contributed by atoms with E-state index in [9.17, 15) is 4.79 Å². The Bertz CT molecular complexity index is 1430. The highest BCUT2D eigenvalue weighted by Crippen LogP contribution is 2.31. The molecule has 2 N–H and O–H groups in total. The van der Waals surface area contributed by atoms with Crippen LogP contribution in [0.3, 0.4) is 0 Å². The van der Waals surface area contributed by atoms with Crippen molar-refractivity contribution in [2.24, 2.45) is 0 Å². The fraction of sp³-hybridized carbons (Fsp3) is 0.367. The van der Waals surface area contributed by atoms with Crippen LogP contribution in [0.25, 0.3) is 22.0 Å². The maximum Gasteiger partial charge on any atom is 0.259 e. The summed E-state index contributed by atoms with van der Waals surface area (Å²) in [6.07, 6.45) is 10.4. The number of anilines is 2. The van der Waals surface area contributed by atoms with Gasteiger partial charge in [0.2, 0.25) is 0 Å². The van der Waals surface area contributed by atoms with Crippen molar-refractivity contribution in [3.63, 3.8) is 0 Å². The van der Waals surface area contributed by atoms with Crippen LogP contribution < -0.4 is 10.9 Å². The van der Waals surface area contributed by atoms with Gasteiger partial charge in [0.15, 0.2) is 0 Å². The Morgan fingerprint density at radius 2 is 1.78 bits per heavy atom. The lowest BCUT2D eigenvalue weighted by molar-refractivity contribution is 0.255. The van der Waals surface area contributed by atoms with E-state index in [0.29, 0.717) is 17.1 Å². The average Bonchev–Trinajstić information content (AvgIpc) is 3.43. The van der Waals surface area contributed by atoms with Crippen LogP contribution >= 0.6 is 0 Å². The summed E-state index contributed by atoms with van der Waals surface area (Å²) in [6.45, 7) is 5.48. The van der Waals surface area contributed by atoms with E-state index in [2.05, 4.69) is 62.5 Å². The highest BCUT2D eigenvalue weighted by molar-refractivity contribution is 5.95. The normalized spacial score (nSPS) is 17.4. The van der Waals surface area contributed by atoms with E-state index >= 15 is 0 Å². The SMILES string of the molecule is CN1CCC(c2ccc(Nc3nc(-c4cncc(CN5CCCC5)c4)cc4cc[nH]c(=O)c34)cc2)CC1. The second-order valence-electron chi connectivity index (χ2n) is 10.5. The predicted octanol–water partition coefficient (Wildman–Crippen LogP) is 5.13. The zero-order chi connectivity index (χ0) is 25.2. The molecule has 0 atom stereocenters. The Kier molecular flexibility index (Phi) is 6.72. The maximum atomic E-state index is 12.8. The summed E-state index contributed by atoms with van der Waals surface area (Å²) >= 11 is 0. The van der Waals surface area contributed by atoms with Crippen LogP contribution in [-0.4, -0.2) is 58.0 Å². The molecule has 2 aliphatic rings. The summed E-state index contributed by atoms with van der Waals surface area (Å²) in [5, 5.41) is 4.85. The van der Waals surface area contributed by atoms with Gasteiger partial charge in [0.1, 0.15) is 5.82 Å². The molecule has 0 spiro atoms. The maximum absolute atomic E-state index is 12.8. The highest BCUT2D eigenvalue weighted by Gasteiger charge is 2.19. The van der Waals surface area contributed by atoms with E-state index < -0.39 is 0 Å². The highest BCUT2D eigenvalue weighted by atomic mass is 16.1. The number of nitrogens with one attached hydrogen (secondary N) is 2.